The fourth-order valence-corrected chi connectivity index (χ4v) is 2.40. The second-order valence-electron chi connectivity index (χ2n) is 4.22. The van der Waals surface area contributed by atoms with Gasteiger partial charge in [0.05, 0.1) is 16.7 Å². The number of nitrogens with zero attached hydrogens (tertiary/aromatic N) is 3. The van der Waals surface area contributed by atoms with Crippen LogP contribution in [0.4, 0.5) is 5.95 Å². The lowest BCUT2D eigenvalue weighted by molar-refractivity contribution is 0.938. The predicted molar refractivity (Wildman–Crippen MR) is 72.5 cm³/mol. The fourth-order valence-electron chi connectivity index (χ4n) is 2.08. The van der Waals surface area contributed by atoms with Crippen molar-refractivity contribution >= 4 is 28.6 Å². The Morgan fingerprint density at radius 3 is 2.78 bits per heavy atom. The molecule has 1 aromatic carbocycles. The summed E-state index contributed by atoms with van der Waals surface area (Å²) in [6.45, 7) is 1.93. The molecule has 3 N–H and O–H groups in total. The van der Waals surface area contributed by atoms with Crippen LogP contribution in [0, 0.1) is 6.92 Å². The summed E-state index contributed by atoms with van der Waals surface area (Å²) in [5.41, 5.74) is 9.42. The molecule has 92 valence electrons. The van der Waals surface area contributed by atoms with E-state index in [2.05, 4.69) is 15.0 Å². The van der Waals surface area contributed by atoms with E-state index in [-0.39, 0.29) is 0 Å². The van der Waals surface area contributed by atoms with Gasteiger partial charge in [0.25, 0.3) is 0 Å². The predicted octanol–water partition coefficient (Wildman–Crippen LogP) is 2.51. The van der Waals surface area contributed by atoms with Crippen LogP contribution in [0.3, 0.4) is 0 Å². The van der Waals surface area contributed by atoms with Gasteiger partial charge in [0.1, 0.15) is 5.82 Å². The summed E-state index contributed by atoms with van der Waals surface area (Å²) in [6.07, 6.45) is 0. The van der Waals surface area contributed by atoms with Gasteiger partial charge in [-0.05, 0) is 19.1 Å². The van der Waals surface area contributed by atoms with Crippen molar-refractivity contribution in [1.29, 1.82) is 0 Å². The van der Waals surface area contributed by atoms with Gasteiger partial charge in [-0.3, -0.25) is 0 Å². The monoisotopic (exact) mass is 261 g/mol. The van der Waals surface area contributed by atoms with Crippen LogP contribution in [0.1, 0.15) is 5.82 Å². The SMILES string of the molecule is Cc1nc2ccc(-c3c(Cl)nc(N)n3C)cc2[nH]1. The Bertz CT molecular complexity index is 740. The first-order valence-electron chi connectivity index (χ1n) is 5.50. The third kappa shape index (κ3) is 1.55. The molecule has 0 fully saturated rings. The Morgan fingerprint density at radius 1 is 1.33 bits per heavy atom. The van der Waals surface area contributed by atoms with Crippen LogP contribution >= 0.6 is 11.6 Å². The standard InChI is InChI=1S/C12H12ClN5/c1-6-15-8-4-3-7(5-9(8)16-6)10-11(13)17-12(14)18(10)2/h3-5H,1-2H3,(H2,14,17)(H,15,16). The smallest absolute Gasteiger partial charge is 0.201 e. The molecule has 6 heteroatoms. The summed E-state index contributed by atoms with van der Waals surface area (Å²) in [6, 6.07) is 5.91. The van der Waals surface area contributed by atoms with Gasteiger partial charge in [0.2, 0.25) is 5.95 Å². The normalized spacial score (nSPS) is 11.3. The second kappa shape index (κ2) is 3.74. The Balaban J connectivity index is 2.24. The maximum atomic E-state index is 6.10. The molecule has 3 aromatic rings. The summed E-state index contributed by atoms with van der Waals surface area (Å²) in [7, 11) is 1.84. The van der Waals surface area contributed by atoms with E-state index in [0.717, 1.165) is 28.1 Å². The highest BCUT2D eigenvalue weighted by molar-refractivity contribution is 6.32. The molecule has 0 bridgehead atoms. The van der Waals surface area contributed by atoms with Gasteiger partial charge in [-0.2, -0.15) is 0 Å². The van der Waals surface area contributed by atoms with Crippen molar-refractivity contribution in [1.82, 2.24) is 19.5 Å². The molecule has 0 aliphatic heterocycles. The van der Waals surface area contributed by atoms with E-state index < -0.39 is 0 Å². The zero-order chi connectivity index (χ0) is 12.9. The van der Waals surface area contributed by atoms with Crippen molar-refractivity contribution in [2.75, 3.05) is 5.73 Å². The number of nitrogens with two attached hydrogens (primary N) is 1. The number of nitrogens with one attached hydrogen (secondary N) is 1. The molecule has 2 aromatic heterocycles. The summed E-state index contributed by atoms with van der Waals surface area (Å²) < 4.78 is 1.77. The summed E-state index contributed by atoms with van der Waals surface area (Å²) in [4.78, 5) is 11.6. The Morgan fingerprint density at radius 2 is 2.11 bits per heavy atom. The maximum Gasteiger partial charge on any atom is 0.201 e. The minimum Gasteiger partial charge on any atom is -0.369 e. The first-order valence-corrected chi connectivity index (χ1v) is 5.88. The Hall–Kier alpha value is -2.01. The van der Waals surface area contributed by atoms with Crippen molar-refractivity contribution in [3.05, 3.63) is 29.2 Å². The van der Waals surface area contributed by atoms with Gasteiger partial charge < -0.3 is 15.3 Å². The Kier molecular flexibility index (Phi) is 2.31. The first kappa shape index (κ1) is 11.1. The van der Waals surface area contributed by atoms with Gasteiger partial charge >= 0.3 is 0 Å². The molecule has 0 radical (unpaired) electrons. The molecule has 0 aliphatic rings. The summed E-state index contributed by atoms with van der Waals surface area (Å²) >= 11 is 6.10. The number of aromatic nitrogens is 4. The topological polar surface area (TPSA) is 72.5 Å². The van der Waals surface area contributed by atoms with E-state index in [0.29, 0.717) is 11.1 Å². The molecule has 0 unspecified atom stereocenters. The fraction of sp³-hybridized carbons (Fsp3) is 0.167. The number of halogens is 1. The van der Waals surface area contributed by atoms with Crippen LogP contribution in [-0.4, -0.2) is 19.5 Å². The van der Waals surface area contributed by atoms with Crippen LogP contribution in [0.5, 0.6) is 0 Å². The average Bonchev–Trinajstić information content (AvgIpc) is 2.78. The van der Waals surface area contributed by atoms with E-state index in [4.69, 9.17) is 17.3 Å². The zero-order valence-corrected chi connectivity index (χ0v) is 10.8. The third-order valence-corrected chi connectivity index (χ3v) is 3.22. The summed E-state index contributed by atoms with van der Waals surface area (Å²) in [5, 5.41) is 0.408. The van der Waals surface area contributed by atoms with Crippen LogP contribution in [0.2, 0.25) is 5.15 Å². The van der Waals surface area contributed by atoms with Gasteiger partial charge in [0.15, 0.2) is 5.15 Å². The highest BCUT2D eigenvalue weighted by Gasteiger charge is 2.13. The lowest BCUT2D eigenvalue weighted by Gasteiger charge is -2.04. The van der Waals surface area contributed by atoms with Gasteiger partial charge in [-0.25, -0.2) is 9.97 Å². The molecule has 0 saturated heterocycles. The minimum atomic E-state index is 0.399. The molecule has 0 amide bonds. The van der Waals surface area contributed by atoms with Crippen molar-refractivity contribution in [2.24, 2.45) is 7.05 Å². The molecule has 0 aliphatic carbocycles. The highest BCUT2D eigenvalue weighted by Crippen LogP contribution is 2.30. The lowest BCUT2D eigenvalue weighted by Crippen LogP contribution is -1.98. The second-order valence-corrected chi connectivity index (χ2v) is 4.58. The largest absolute Gasteiger partial charge is 0.369 e. The van der Waals surface area contributed by atoms with Gasteiger partial charge in [0, 0.05) is 12.6 Å². The average molecular weight is 262 g/mol. The number of nitrogen functional groups attached to an aromatic ring is 1. The molecule has 18 heavy (non-hydrogen) atoms. The number of anilines is 1. The highest BCUT2D eigenvalue weighted by atomic mass is 35.5. The number of hydrogen-bond acceptors (Lipinski definition) is 3. The van der Waals surface area contributed by atoms with Gasteiger partial charge in [-0.15, -0.1) is 0 Å². The van der Waals surface area contributed by atoms with Crippen molar-refractivity contribution < 1.29 is 0 Å². The van der Waals surface area contributed by atoms with Crippen molar-refractivity contribution in [3.63, 3.8) is 0 Å². The minimum absolute atomic E-state index is 0.399. The molecular formula is C12H12ClN5. The number of H-pyrrole nitrogens is 1. The van der Waals surface area contributed by atoms with E-state index in [1.807, 2.05) is 32.2 Å². The van der Waals surface area contributed by atoms with Crippen LogP contribution in [0.25, 0.3) is 22.3 Å². The molecular weight excluding hydrogens is 250 g/mol. The molecule has 5 nitrogen and oxygen atoms in total. The first-order chi connectivity index (χ1) is 8.56. The lowest BCUT2D eigenvalue weighted by atomic mass is 10.1. The van der Waals surface area contributed by atoms with Crippen LogP contribution in [0.15, 0.2) is 18.2 Å². The molecule has 0 saturated carbocycles. The number of hydrogen-bond donors (Lipinski definition) is 2. The van der Waals surface area contributed by atoms with Gasteiger partial charge in [-0.1, -0.05) is 17.7 Å². The van der Waals surface area contributed by atoms with Crippen molar-refractivity contribution in [3.8, 4) is 11.3 Å². The number of aromatic amines is 1. The number of rotatable bonds is 1. The quantitative estimate of drug-likeness (QED) is 0.707. The third-order valence-electron chi connectivity index (χ3n) is 2.96. The van der Waals surface area contributed by atoms with E-state index in [1.54, 1.807) is 4.57 Å². The van der Waals surface area contributed by atoms with E-state index in [1.165, 1.54) is 0 Å². The number of aryl methyl sites for hydroxylation is 1. The molecule has 0 spiro atoms. The zero-order valence-electron chi connectivity index (χ0n) is 10.0. The Labute approximate surface area is 109 Å². The molecule has 0 atom stereocenters. The number of benzene rings is 1. The van der Waals surface area contributed by atoms with Crippen LogP contribution in [-0.2, 0) is 7.05 Å². The van der Waals surface area contributed by atoms with E-state index >= 15 is 0 Å². The van der Waals surface area contributed by atoms with Crippen molar-refractivity contribution in [2.45, 2.75) is 6.92 Å². The molecule has 3 rings (SSSR count). The number of imidazole rings is 2. The number of fused-ring (bicyclic) bond motifs is 1. The van der Waals surface area contributed by atoms with E-state index in [9.17, 15) is 0 Å². The summed E-state index contributed by atoms with van der Waals surface area (Å²) in [5.74, 6) is 1.29. The maximum absolute atomic E-state index is 6.10. The van der Waals surface area contributed by atoms with Crippen LogP contribution < -0.4 is 5.73 Å². The molecule has 2 heterocycles.